The van der Waals surface area contributed by atoms with Gasteiger partial charge in [-0.2, -0.15) is 0 Å². The van der Waals surface area contributed by atoms with Gasteiger partial charge in [0, 0.05) is 25.7 Å². The Morgan fingerprint density at radius 2 is 1.77 bits per heavy atom. The van der Waals surface area contributed by atoms with Gasteiger partial charge in [0.1, 0.15) is 0 Å². The van der Waals surface area contributed by atoms with Gasteiger partial charge in [-0.25, -0.2) is 21.1 Å². The van der Waals surface area contributed by atoms with Gasteiger partial charge in [0.05, 0.1) is 16.3 Å². The quantitative estimate of drug-likeness (QED) is 0.753. The lowest BCUT2D eigenvalue weighted by atomic mass is 10.2. The van der Waals surface area contributed by atoms with E-state index < -0.39 is 20.0 Å². The first-order chi connectivity index (χ1) is 12.1. The molecule has 0 aliphatic carbocycles. The second kappa shape index (κ2) is 6.84. The molecule has 1 aliphatic rings. The standard InChI is InChI=1S/C17H19ClN2O4S2/c1-19(2)26(23,24)15-7-8-17-13(11-15)9-10-20(17)25(21,22)12-14-5-3-4-6-16(14)18/h3-8,11H,9-10,12H2,1-2H3. The molecule has 0 fully saturated rings. The minimum atomic E-state index is -3.62. The average molecular weight is 415 g/mol. The van der Waals surface area contributed by atoms with Crippen molar-refractivity contribution in [2.24, 2.45) is 0 Å². The van der Waals surface area contributed by atoms with E-state index in [-0.39, 0.29) is 17.2 Å². The predicted molar refractivity (Wildman–Crippen MR) is 102 cm³/mol. The minimum absolute atomic E-state index is 0.159. The number of halogens is 1. The SMILES string of the molecule is CN(C)S(=O)(=O)c1ccc2c(c1)CCN2S(=O)(=O)Cc1ccccc1Cl. The van der Waals surface area contributed by atoms with Crippen molar-refractivity contribution < 1.29 is 16.8 Å². The van der Waals surface area contributed by atoms with Gasteiger partial charge in [-0.05, 0) is 41.8 Å². The summed E-state index contributed by atoms with van der Waals surface area (Å²) in [5.41, 5.74) is 1.76. The van der Waals surface area contributed by atoms with Crippen LogP contribution in [0.1, 0.15) is 11.1 Å². The molecule has 2 aromatic rings. The summed E-state index contributed by atoms with van der Waals surface area (Å²) in [5, 5.41) is 0.405. The Morgan fingerprint density at radius 3 is 2.42 bits per heavy atom. The Morgan fingerprint density at radius 1 is 1.08 bits per heavy atom. The summed E-state index contributed by atoms with van der Waals surface area (Å²) in [4.78, 5) is 0.159. The first kappa shape index (κ1) is 19.2. The van der Waals surface area contributed by atoms with Gasteiger partial charge in [-0.1, -0.05) is 29.8 Å². The van der Waals surface area contributed by atoms with Crippen molar-refractivity contribution in [1.29, 1.82) is 0 Å². The van der Waals surface area contributed by atoms with E-state index in [1.807, 2.05) is 0 Å². The zero-order valence-corrected chi connectivity index (χ0v) is 16.8. The maximum absolute atomic E-state index is 12.8. The van der Waals surface area contributed by atoms with E-state index in [1.54, 1.807) is 36.4 Å². The van der Waals surface area contributed by atoms with Crippen LogP contribution in [0, 0.1) is 0 Å². The number of anilines is 1. The van der Waals surface area contributed by atoms with E-state index in [9.17, 15) is 16.8 Å². The molecule has 0 saturated heterocycles. The molecule has 0 atom stereocenters. The van der Waals surface area contributed by atoms with Crippen LogP contribution in [-0.2, 0) is 32.2 Å². The first-order valence-electron chi connectivity index (χ1n) is 7.92. The van der Waals surface area contributed by atoms with Crippen molar-refractivity contribution >= 4 is 37.3 Å². The lowest BCUT2D eigenvalue weighted by Gasteiger charge is -2.20. The third kappa shape index (κ3) is 3.46. The molecule has 0 spiro atoms. The Labute approximate surface area is 159 Å². The largest absolute Gasteiger partial charge is 0.269 e. The summed E-state index contributed by atoms with van der Waals surface area (Å²) >= 11 is 6.08. The van der Waals surface area contributed by atoms with Gasteiger partial charge in [-0.15, -0.1) is 0 Å². The highest BCUT2D eigenvalue weighted by molar-refractivity contribution is 7.92. The van der Waals surface area contributed by atoms with E-state index in [0.717, 1.165) is 4.31 Å². The fourth-order valence-electron chi connectivity index (χ4n) is 2.90. The molecule has 140 valence electrons. The molecule has 0 N–H and O–H groups in total. The second-order valence-corrected chi connectivity index (χ2v) is 10.7. The summed E-state index contributed by atoms with van der Waals surface area (Å²) in [7, 11) is -4.26. The highest BCUT2D eigenvalue weighted by Crippen LogP contribution is 2.34. The number of benzene rings is 2. The molecule has 0 bridgehead atoms. The molecular formula is C17H19ClN2O4S2. The maximum Gasteiger partial charge on any atom is 0.242 e. The molecule has 26 heavy (non-hydrogen) atoms. The minimum Gasteiger partial charge on any atom is -0.269 e. The molecule has 0 saturated carbocycles. The van der Waals surface area contributed by atoms with Crippen molar-refractivity contribution in [3.05, 3.63) is 58.6 Å². The third-order valence-corrected chi connectivity index (χ3v) is 8.22. The smallest absolute Gasteiger partial charge is 0.242 e. The zero-order valence-electron chi connectivity index (χ0n) is 14.4. The molecule has 6 nitrogen and oxygen atoms in total. The van der Waals surface area contributed by atoms with Crippen LogP contribution < -0.4 is 4.31 Å². The van der Waals surface area contributed by atoms with Crippen molar-refractivity contribution in [2.45, 2.75) is 17.1 Å². The topological polar surface area (TPSA) is 74.8 Å². The van der Waals surface area contributed by atoms with Crippen molar-refractivity contribution in [2.75, 3.05) is 24.9 Å². The second-order valence-electron chi connectivity index (χ2n) is 6.25. The Hall–Kier alpha value is -1.61. The van der Waals surface area contributed by atoms with Crippen LogP contribution in [0.5, 0.6) is 0 Å². The van der Waals surface area contributed by atoms with E-state index in [4.69, 9.17) is 11.6 Å². The zero-order chi connectivity index (χ0) is 19.1. The van der Waals surface area contributed by atoms with Crippen LogP contribution in [0.2, 0.25) is 5.02 Å². The molecule has 1 heterocycles. The van der Waals surface area contributed by atoms with Crippen LogP contribution in [0.25, 0.3) is 0 Å². The lowest BCUT2D eigenvalue weighted by Crippen LogP contribution is -2.30. The summed E-state index contributed by atoms with van der Waals surface area (Å²) in [5.74, 6) is -0.205. The van der Waals surface area contributed by atoms with Gasteiger partial charge in [0.15, 0.2) is 0 Å². The molecule has 0 amide bonds. The number of nitrogens with zero attached hydrogens (tertiary/aromatic N) is 2. The fraction of sp³-hybridized carbons (Fsp3) is 0.294. The predicted octanol–water partition coefficient (Wildman–Crippen LogP) is 2.48. The molecule has 0 radical (unpaired) electrons. The maximum atomic E-state index is 12.8. The van der Waals surface area contributed by atoms with Gasteiger partial charge < -0.3 is 0 Å². The molecular weight excluding hydrogens is 396 g/mol. The molecule has 0 unspecified atom stereocenters. The third-order valence-electron chi connectivity index (χ3n) is 4.31. The molecule has 3 rings (SSSR count). The number of hydrogen-bond donors (Lipinski definition) is 0. The number of fused-ring (bicyclic) bond motifs is 1. The van der Waals surface area contributed by atoms with Gasteiger partial charge in [-0.3, -0.25) is 4.31 Å². The van der Waals surface area contributed by atoms with Crippen LogP contribution in [-0.4, -0.2) is 41.8 Å². The highest BCUT2D eigenvalue weighted by Gasteiger charge is 2.31. The van der Waals surface area contributed by atoms with Crippen molar-refractivity contribution in [3.63, 3.8) is 0 Å². The summed E-state index contributed by atoms with van der Waals surface area (Å²) in [6, 6.07) is 11.4. The van der Waals surface area contributed by atoms with Crippen LogP contribution >= 0.6 is 11.6 Å². The Balaban J connectivity index is 1.94. The normalized spacial score (nSPS) is 14.7. The number of sulfonamides is 2. The average Bonchev–Trinajstić information content (AvgIpc) is 3.00. The van der Waals surface area contributed by atoms with Gasteiger partial charge in [0.2, 0.25) is 20.0 Å². The molecule has 2 aromatic carbocycles. The van der Waals surface area contributed by atoms with Crippen LogP contribution in [0.3, 0.4) is 0 Å². The van der Waals surface area contributed by atoms with Crippen LogP contribution in [0.15, 0.2) is 47.4 Å². The van der Waals surface area contributed by atoms with Crippen molar-refractivity contribution in [1.82, 2.24) is 4.31 Å². The number of rotatable bonds is 5. The van der Waals surface area contributed by atoms with E-state index in [2.05, 4.69) is 0 Å². The number of hydrogen-bond acceptors (Lipinski definition) is 4. The Bertz CT molecular complexity index is 1050. The monoisotopic (exact) mass is 414 g/mol. The van der Waals surface area contributed by atoms with Gasteiger partial charge >= 0.3 is 0 Å². The van der Waals surface area contributed by atoms with Crippen molar-refractivity contribution in [3.8, 4) is 0 Å². The van der Waals surface area contributed by atoms with Crippen LogP contribution in [0.4, 0.5) is 5.69 Å². The fourth-order valence-corrected chi connectivity index (χ4v) is 5.78. The summed E-state index contributed by atoms with van der Waals surface area (Å²) in [6.07, 6.45) is 0.466. The van der Waals surface area contributed by atoms with E-state index in [1.165, 1.54) is 24.5 Å². The molecule has 1 aliphatic heterocycles. The van der Waals surface area contributed by atoms with Gasteiger partial charge in [0.25, 0.3) is 0 Å². The summed E-state index contributed by atoms with van der Waals surface area (Å²) in [6.45, 7) is 0.285. The highest BCUT2D eigenvalue weighted by atomic mass is 35.5. The van der Waals surface area contributed by atoms with E-state index in [0.29, 0.717) is 28.3 Å². The molecule has 0 aromatic heterocycles. The Kier molecular flexibility index (Phi) is 5.04. The lowest BCUT2D eigenvalue weighted by molar-refractivity contribution is 0.520. The first-order valence-corrected chi connectivity index (χ1v) is 11.3. The summed E-state index contributed by atoms with van der Waals surface area (Å²) < 4.78 is 52.7. The van der Waals surface area contributed by atoms with E-state index >= 15 is 0 Å². The molecule has 9 heteroatoms.